The molecule has 2 aromatic heterocycles. The summed E-state index contributed by atoms with van der Waals surface area (Å²) in [5.74, 6) is -0.0300. The Hall–Kier alpha value is -3.95. The molecule has 1 N–H and O–H groups in total. The average molecular weight is 427 g/mol. The van der Waals surface area contributed by atoms with E-state index in [2.05, 4.69) is 20.6 Å². The molecule has 0 atom stereocenters. The van der Waals surface area contributed by atoms with Gasteiger partial charge in [0.25, 0.3) is 5.91 Å². The maximum absolute atomic E-state index is 13.0. The standard InChI is InChI=1S/C21H16F3N5O2/c22-21(23,24)16-9-5-4-8-15(16)20(30)25-12-13-31-18-11-10-17-26-27-19(29(17)28-18)14-6-2-1-3-7-14/h1-11H,12-13H2,(H,25,30). The van der Waals surface area contributed by atoms with E-state index in [4.69, 9.17) is 4.74 Å². The van der Waals surface area contributed by atoms with Crippen molar-refractivity contribution in [3.63, 3.8) is 0 Å². The fourth-order valence-electron chi connectivity index (χ4n) is 2.96. The third-order valence-electron chi connectivity index (χ3n) is 4.38. The van der Waals surface area contributed by atoms with Crippen molar-refractivity contribution < 1.29 is 22.7 Å². The van der Waals surface area contributed by atoms with Crippen LogP contribution in [0.4, 0.5) is 13.2 Å². The zero-order chi connectivity index (χ0) is 21.8. The number of aromatic nitrogens is 4. The summed E-state index contributed by atoms with van der Waals surface area (Å²) in [6.07, 6.45) is -4.61. The van der Waals surface area contributed by atoms with E-state index in [0.29, 0.717) is 11.5 Å². The Bertz CT molecular complexity index is 1210. The molecule has 0 unspecified atom stereocenters. The predicted octanol–water partition coefficient (Wildman–Crippen LogP) is 3.62. The highest BCUT2D eigenvalue weighted by Gasteiger charge is 2.34. The van der Waals surface area contributed by atoms with E-state index in [0.717, 1.165) is 17.7 Å². The van der Waals surface area contributed by atoms with Crippen LogP contribution in [0.15, 0.2) is 66.7 Å². The summed E-state index contributed by atoms with van der Waals surface area (Å²) in [5, 5.41) is 15.0. The fraction of sp³-hybridized carbons (Fsp3) is 0.143. The quantitative estimate of drug-likeness (QED) is 0.476. The molecule has 0 radical (unpaired) electrons. The Balaban J connectivity index is 1.40. The molecule has 0 spiro atoms. The number of nitrogens with one attached hydrogen (secondary N) is 1. The average Bonchev–Trinajstić information content (AvgIpc) is 3.20. The van der Waals surface area contributed by atoms with E-state index in [1.807, 2.05) is 30.3 Å². The Kier molecular flexibility index (Phi) is 5.52. The van der Waals surface area contributed by atoms with Gasteiger partial charge in [-0.2, -0.15) is 17.7 Å². The highest BCUT2D eigenvalue weighted by molar-refractivity contribution is 5.95. The number of ether oxygens (including phenoxy) is 1. The van der Waals surface area contributed by atoms with Crippen LogP contribution >= 0.6 is 0 Å². The lowest BCUT2D eigenvalue weighted by atomic mass is 10.1. The van der Waals surface area contributed by atoms with Crippen molar-refractivity contribution in [1.29, 1.82) is 0 Å². The number of alkyl halides is 3. The minimum Gasteiger partial charge on any atom is -0.475 e. The first-order valence-electron chi connectivity index (χ1n) is 9.28. The van der Waals surface area contributed by atoms with E-state index in [1.165, 1.54) is 16.6 Å². The van der Waals surface area contributed by atoms with Crippen LogP contribution < -0.4 is 10.1 Å². The minimum absolute atomic E-state index is 0.00152. The van der Waals surface area contributed by atoms with E-state index < -0.39 is 23.2 Å². The Labute approximate surface area is 174 Å². The number of carbonyl (C=O) groups is 1. The molecule has 0 saturated heterocycles. The second kappa shape index (κ2) is 8.42. The molecule has 0 aliphatic rings. The molecule has 1 amide bonds. The summed E-state index contributed by atoms with van der Waals surface area (Å²) < 4.78 is 46.2. The molecule has 0 bridgehead atoms. The lowest BCUT2D eigenvalue weighted by molar-refractivity contribution is -0.137. The molecular formula is C21H16F3N5O2. The number of amides is 1. The number of nitrogens with zero attached hydrogens (tertiary/aromatic N) is 4. The van der Waals surface area contributed by atoms with Crippen LogP contribution in [-0.2, 0) is 6.18 Å². The van der Waals surface area contributed by atoms with Gasteiger partial charge >= 0.3 is 6.18 Å². The topological polar surface area (TPSA) is 81.4 Å². The number of benzene rings is 2. The van der Waals surface area contributed by atoms with Gasteiger partial charge in [-0.05, 0) is 18.2 Å². The van der Waals surface area contributed by atoms with Gasteiger partial charge in [0.1, 0.15) is 6.61 Å². The number of hydrogen-bond acceptors (Lipinski definition) is 5. The number of hydrogen-bond donors (Lipinski definition) is 1. The van der Waals surface area contributed by atoms with Gasteiger partial charge in [-0.3, -0.25) is 4.79 Å². The monoisotopic (exact) mass is 427 g/mol. The second-order valence-corrected chi connectivity index (χ2v) is 6.48. The maximum atomic E-state index is 13.0. The summed E-state index contributed by atoms with van der Waals surface area (Å²) in [6.45, 7) is 0.0136. The van der Waals surface area contributed by atoms with Crippen LogP contribution in [0.25, 0.3) is 17.0 Å². The molecule has 0 aliphatic carbocycles. The third-order valence-corrected chi connectivity index (χ3v) is 4.38. The van der Waals surface area contributed by atoms with Crippen molar-refractivity contribution in [3.05, 3.63) is 77.9 Å². The summed E-state index contributed by atoms with van der Waals surface area (Å²) in [7, 11) is 0. The molecule has 2 heterocycles. The second-order valence-electron chi connectivity index (χ2n) is 6.48. The van der Waals surface area contributed by atoms with Crippen LogP contribution in [0.1, 0.15) is 15.9 Å². The smallest absolute Gasteiger partial charge is 0.417 e. The van der Waals surface area contributed by atoms with Crippen molar-refractivity contribution in [2.75, 3.05) is 13.2 Å². The first kappa shape index (κ1) is 20.3. The van der Waals surface area contributed by atoms with Crippen molar-refractivity contribution in [3.8, 4) is 17.3 Å². The lowest BCUT2D eigenvalue weighted by Gasteiger charge is -2.12. The van der Waals surface area contributed by atoms with Gasteiger partial charge in [0, 0.05) is 11.6 Å². The Morgan fingerprint density at radius 2 is 1.71 bits per heavy atom. The third kappa shape index (κ3) is 4.47. The zero-order valence-electron chi connectivity index (χ0n) is 16.0. The Morgan fingerprint density at radius 3 is 2.48 bits per heavy atom. The SMILES string of the molecule is O=C(NCCOc1ccc2nnc(-c3ccccc3)n2n1)c1ccccc1C(F)(F)F. The van der Waals surface area contributed by atoms with Gasteiger partial charge in [0.2, 0.25) is 5.88 Å². The lowest BCUT2D eigenvalue weighted by Crippen LogP contribution is -2.30. The Morgan fingerprint density at radius 1 is 0.968 bits per heavy atom. The van der Waals surface area contributed by atoms with Crippen LogP contribution in [0.5, 0.6) is 5.88 Å². The highest BCUT2D eigenvalue weighted by Crippen LogP contribution is 2.31. The largest absolute Gasteiger partial charge is 0.475 e. The summed E-state index contributed by atoms with van der Waals surface area (Å²) >= 11 is 0. The van der Waals surface area contributed by atoms with Crippen molar-refractivity contribution in [1.82, 2.24) is 25.1 Å². The first-order valence-corrected chi connectivity index (χ1v) is 9.28. The van der Waals surface area contributed by atoms with Gasteiger partial charge in [0.05, 0.1) is 17.7 Å². The predicted molar refractivity (Wildman–Crippen MR) is 105 cm³/mol. The van der Waals surface area contributed by atoms with Crippen LogP contribution in [0, 0.1) is 0 Å². The van der Waals surface area contributed by atoms with Crippen molar-refractivity contribution in [2.24, 2.45) is 0 Å². The van der Waals surface area contributed by atoms with Gasteiger partial charge in [-0.15, -0.1) is 15.3 Å². The van der Waals surface area contributed by atoms with Crippen LogP contribution in [0.3, 0.4) is 0 Å². The molecule has 2 aromatic carbocycles. The number of fused-ring (bicyclic) bond motifs is 1. The van der Waals surface area contributed by atoms with Gasteiger partial charge in [-0.25, -0.2) is 0 Å². The molecule has 4 aromatic rings. The zero-order valence-corrected chi connectivity index (χ0v) is 16.0. The molecule has 7 nitrogen and oxygen atoms in total. The molecule has 158 valence electrons. The molecule has 4 rings (SSSR count). The van der Waals surface area contributed by atoms with Crippen molar-refractivity contribution in [2.45, 2.75) is 6.18 Å². The van der Waals surface area contributed by atoms with Gasteiger partial charge in [0.15, 0.2) is 11.5 Å². The molecule has 10 heteroatoms. The number of rotatable bonds is 6. The summed E-state index contributed by atoms with van der Waals surface area (Å²) in [6, 6.07) is 17.3. The van der Waals surface area contributed by atoms with Gasteiger partial charge < -0.3 is 10.1 Å². The molecular weight excluding hydrogens is 411 g/mol. The fourth-order valence-corrected chi connectivity index (χ4v) is 2.96. The van der Waals surface area contributed by atoms with E-state index in [-0.39, 0.29) is 19.0 Å². The molecule has 31 heavy (non-hydrogen) atoms. The number of carbonyl (C=O) groups excluding carboxylic acids is 1. The van der Waals surface area contributed by atoms with Gasteiger partial charge in [-0.1, -0.05) is 42.5 Å². The maximum Gasteiger partial charge on any atom is 0.417 e. The molecule has 0 saturated carbocycles. The van der Waals surface area contributed by atoms with E-state index in [1.54, 1.807) is 12.1 Å². The number of halogens is 3. The van der Waals surface area contributed by atoms with Crippen molar-refractivity contribution >= 4 is 11.6 Å². The first-order chi connectivity index (χ1) is 14.9. The van der Waals surface area contributed by atoms with E-state index in [9.17, 15) is 18.0 Å². The molecule has 0 fully saturated rings. The highest BCUT2D eigenvalue weighted by atomic mass is 19.4. The van der Waals surface area contributed by atoms with Crippen LogP contribution in [0.2, 0.25) is 0 Å². The van der Waals surface area contributed by atoms with Crippen LogP contribution in [-0.4, -0.2) is 38.9 Å². The molecule has 0 aliphatic heterocycles. The minimum atomic E-state index is -4.61. The summed E-state index contributed by atoms with van der Waals surface area (Å²) in [5.41, 5.74) is -0.0633. The summed E-state index contributed by atoms with van der Waals surface area (Å²) in [4.78, 5) is 12.2. The van der Waals surface area contributed by atoms with E-state index >= 15 is 0 Å². The normalized spacial score (nSPS) is 11.5.